The Hall–Kier alpha value is -2.57. The topological polar surface area (TPSA) is 78.4 Å². The Balaban J connectivity index is 1.46. The summed E-state index contributed by atoms with van der Waals surface area (Å²) in [6, 6.07) is 8.27. The first-order chi connectivity index (χ1) is 13.5. The number of aromatic nitrogens is 3. The van der Waals surface area contributed by atoms with Gasteiger partial charge in [-0.2, -0.15) is 5.10 Å². The molecule has 0 amide bonds. The third-order valence-electron chi connectivity index (χ3n) is 5.16. The fourth-order valence-corrected chi connectivity index (χ4v) is 3.64. The summed E-state index contributed by atoms with van der Waals surface area (Å²) in [4.78, 5) is 11.0. The maximum absolute atomic E-state index is 6.06. The molecule has 1 aliphatic heterocycles. The number of para-hydroxylation sites is 1. The van der Waals surface area contributed by atoms with Crippen molar-refractivity contribution < 1.29 is 4.74 Å². The van der Waals surface area contributed by atoms with E-state index in [2.05, 4.69) is 63.3 Å². The van der Waals surface area contributed by atoms with E-state index >= 15 is 0 Å². The molecule has 2 aromatic rings. The van der Waals surface area contributed by atoms with Gasteiger partial charge < -0.3 is 15.0 Å². The second-order valence-corrected chi connectivity index (χ2v) is 8.20. The molecular weight excluding hydrogens is 352 g/mol. The predicted octanol–water partition coefficient (Wildman–Crippen LogP) is 2.94. The molecule has 1 saturated heterocycles. The van der Waals surface area contributed by atoms with Gasteiger partial charge in [0, 0.05) is 26.1 Å². The van der Waals surface area contributed by atoms with Gasteiger partial charge in [0.05, 0.1) is 6.54 Å². The summed E-state index contributed by atoms with van der Waals surface area (Å²) in [7, 11) is 1.83. The van der Waals surface area contributed by atoms with E-state index in [-0.39, 0.29) is 5.41 Å². The molecule has 1 aromatic carbocycles. The molecule has 1 fully saturated rings. The van der Waals surface area contributed by atoms with Gasteiger partial charge in [-0.15, -0.1) is 0 Å². The van der Waals surface area contributed by atoms with Crippen LogP contribution >= 0.6 is 0 Å². The molecule has 0 saturated carbocycles. The van der Waals surface area contributed by atoms with Crippen LogP contribution < -0.4 is 10.1 Å². The number of piperidine rings is 1. The maximum Gasteiger partial charge on any atom is 0.193 e. The highest BCUT2D eigenvalue weighted by Crippen LogP contribution is 2.30. The van der Waals surface area contributed by atoms with Crippen molar-refractivity contribution in [2.75, 3.05) is 33.3 Å². The zero-order chi connectivity index (χ0) is 20.0. The molecule has 0 spiro atoms. The third kappa shape index (κ3) is 5.03. The first-order valence-corrected chi connectivity index (χ1v) is 10.0. The first kappa shape index (κ1) is 20.2. The van der Waals surface area contributed by atoms with E-state index in [0.29, 0.717) is 19.1 Å². The lowest BCUT2D eigenvalue weighted by molar-refractivity contribution is 0.288. The van der Waals surface area contributed by atoms with Crippen LogP contribution in [0.4, 0.5) is 0 Å². The van der Waals surface area contributed by atoms with Crippen molar-refractivity contribution in [1.82, 2.24) is 25.4 Å². The predicted molar refractivity (Wildman–Crippen MR) is 112 cm³/mol. The maximum atomic E-state index is 6.06. The van der Waals surface area contributed by atoms with Crippen molar-refractivity contribution in [3.63, 3.8) is 0 Å². The quantitative estimate of drug-likeness (QED) is 0.471. The van der Waals surface area contributed by atoms with Crippen molar-refractivity contribution in [3.8, 4) is 5.75 Å². The van der Waals surface area contributed by atoms with Crippen LogP contribution in [0, 0.1) is 0 Å². The molecule has 2 heterocycles. The number of nitrogens with zero attached hydrogens (tertiary/aromatic N) is 4. The molecule has 0 atom stereocenters. The highest BCUT2D eigenvalue weighted by molar-refractivity contribution is 5.79. The number of nitrogens with one attached hydrogen (secondary N) is 2. The lowest BCUT2D eigenvalue weighted by Gasteiger charge is -2.33. The van der Waals surface area contributed by atoms with Crippen molar-refractivity contribution in [1.29, 1.82) is 0 Å². The summed E-state index contributed by atoms with van der Waals surface area (Å²) in [6.07, 6.45) is 3.68. The summed E-state index contributed by atoms with van der Waals surface area (Å²) in [5.41, 5.74) is 1.29. The molecule has 0 radical (unpaired) electrons. The number of H-pyrrole nitrogens is 1. The number of aromatic amines is 1. The van der Waals surface area contributed by atoms with Gasteiger partial charge in [-0.3, -0.25) is 10.1 Å². The molecule has 0 bridgehead atoms. The highest BCUT2D eigenvalue weighted by atomic mass is 16.5. The van der Waals surface area contributed by atoms with Crippen LogP contribution in [0.3, 0.4) is 0 Å². The SMILES string of the molecule is CN=C(NCCOc1ccccc1C(C)(C)C)N1CCC(c2ncn[nH]2)CC1. The Kier molecular flexibility index (Phi) is 6.54. The van der Waals surface area contributed by atoms with Crippen molar-refractivity contribution in [3.05, 3.63) is 42.0 Å². The Morgan fingerprint density at radius 2 is 2.04 bits per heavy atom. The summed E-state index contributed by atoms with van der Waals surface area (Å²) in [6.45, 7) is 9.85. The molecule has 2 N–H and O–H groups in total. The summed E-state index contributed by atoms with van der Waals surface area (Å²) < 4.78 is 6.06. The van der Waals surface area contributed by atoms with Crippen LogP contribution in [0.25, 0.3) is 0 Å². The third-order valence-corrected chi connectivity index (χ3v) is 5.16. The number of guanidine groups is 1. The molecular formula is C21H32N6O. The average Bonchev–Trinajstić information content (AvgIpc) is 3.23. The van der Waals surface area contributed by atoms with Gasteiger partial charge in [0.1, 0.15) is 24.5 Å². The van der Waals surface area contributed by atoms with E-state index in [0.717, 1.165) is 43.5 Å². The molecule has 0 aliphatic carbocycles. The van der Waals surface area contributed by atoms with Gasteiger partial charge in [0.2, 0.25) is 0 Å². The molecule has 3 rings (SSSR count). The smallest absolute Gasteiger partial charge is 0.193 e. The van der Waals surface area contributed by atoms with E-state index in [1.807, 2.05) is 19.2 Å². The molecule has 152 valence electrons. The zero-order valence-electron chi connectivity index (χ0n) is 17.4. The number of aliphatic imine (C=N–C) groups is 1. The fraction of sp³-hybridized carbons (Fsp3) is 0.571. The lowest BCUT2D eigenvalue weighted by atomic mass is 9.86. The monoisotopic (exact) mass is 384 g/mol. The molecule has 1 aliphatic rings. The van der Waals surface area contributed by atoms with Crippen LogP contribution in [-0.4, -0.2) is 59.3 Å². The van der Waals surface area contributed by atoms with Gasteiger partial charge in [-0.25, -0.2) is 4.98 Å². The van der Waals surface area contributed by atoms with E-state index in [1.54, 1.807) is 6.33 Å². The number of hydrogen-bond acceptors (Lipinski definition) is 4. The molecule has 28 heavy (non-hydrogen) atoms. The number of likely N-dealkylation sites (tertiary alicyclic amines) is 1. The number of benzene rings is 1. The Labute approximate surface area is 167 Å². The molecule has 7 heteroatoms. The second-order valence-electron chi connectivity index (χ2n) is 8.20. The van der Waals surface area contributed by atoms with Crippen molar-refractivity contribution >= 4 is 5.96 Å². The minimum absolute atomic E-state index is 0.0634. The standard InChI is InChI=1S/C21H32N6O/c1-21(2,3)17-7-5-6-8-18(17)28-14-11-23-20(22-4)27-12-9-16(10-13-27)19-24-15-25-26-19/h5-8,15-16H,9-14H2,1-4H3,(H,22,23)(H,24,25,26). The van der Waals surface area contributed by atoms with E-state index in [9.17, 15) is 0 Å². The first-order valence-electron chi connectivity index (χ1n) is 10.0. The molecule has 0 unspecified atom stereocenters. The van der Waals surface area contributed by atoms with Crippen LogP contribution in [0.1, 0.15) is 50.9 Å². The molecule has 7 nitrogen and oxygen atoms in total. The fourth-order valence-electron chi connectivity index (χ4n) is 3.64. The van der Waals surface area contributed by atoms with Gasteiger partial charge in [0.25, 0.3) is 0 Å². The van der Waals surface area contributed by atoms with Gasteiger partial charge in [-0.1, -0.05) is 39.0 Å². The highest BCUT2D eigenvalue weighted by Gasteiger charge is 2.24. The van der Waals surface area contributed by atoms with Crippen LogP contribution in [-0.2, 0) is 5.41 Å². The molecule has 1 aromatic heterocycles. The largest absolute Gasteiger partial charge is 0.491 e. The lowest BCUT2D eigenvalue weighted by Crippen LogP contribution is -2.46. The van der Waals surface area contributed by atoms with Crippen LogP contribution in [0.5, 0.6) is 5.75 Å². The number of ether oxygens (including phenoxy) is 1. The zero-order valence-corrected chi connectivity index (χ0v) is 17.4. The minimum Gasteiger partial charge on any atom is -0.491 e. The van der Waals surface area contributed by atoms with Crippen LogP contribution in [0.2, 0.25) is 0 Å². The van der Waals surface area contributed by atoms with Gasteiger partial charge in [-0.05, 0) is 29.9 Å². The summed E-state index contributed by atoms with van der Waals surface area (Å²) >= 11 is 0. The van der Waals surface area contributed by atoms with Crippen molar-refractivity contribution in [2.24, 2.45) is 4.99 Å². The van der Waals surface area contributed by atoms with E-state index in [4.69, 9.17) is 4.74 Å². The second kappa shape index (κ2) is 9.08. The van der Waals surface area contributed by atoms with E-state index < -0.39 is 0 Å². The normalized spacial score (nSPS) is 16.3. The number of rotatable bonds is 5. The van der Waals surface area contributed by atoms with Gasteiger partial charge in [0.15, 0.2) is 5.96 Å². The Morgan fingerprint density at radius 1 is 1.29 bits per heavy atom. The Morgan fingerprint density at radius 3 is 2.68 bits per heavy atom. The minimum atomic E-state index is 0.0634. The van der Waals surface area contributed by atoms with Gasteiger partial charge >= 0.3 is 0 Å². The summed E-state index contributed by atoms with van der Waals surface area (Å²) in [5.74, 6) is 3.34. The van der Waals surface area contributed by atoms with E-state index in [1.165, 1.54) is 5.56 Å². The van der Waals surface area contributed by atoms with Crippen molar-refractivity contribution in [2.45, 2.75) is 44.9 Å². The summed E-state index contributed by atoms with van der Waals surface area (Å²) in [5, 5.41) is 10.4. The average molecular weight is 385 g/mol. The Bertz CT molecular complexity index is 757. The van der Waals surface area contributed by atoms with Crippen LogP contribution in [0.15, 0.2) is 35.6 Å². The number of hydrogen-bond donors (Lipinski definition) is 2.